The molecule has 2 bridgehead atoms. The lowest BCUT2D eigenvalue weighted by atomic mass is 9.65. The van der Waals surface area contributed by atoms with Crippen LogP contribution in [-0.4, -0.2) is 22.6 Å². The van der Waals surface area contributed by atoms with Crippen LogP contribution in [0.25, 0.3) is 0 Å². The molecule has 0 amide bonds. The SMILES string of the molecule is CC1(C)[C@@]2(C(=O)O)CC[C@@]1(C)C(=O)C2=O. The summed E-state index contributed by atoms with van der Waals surface area (Å²) in [6.45, 7) is 5.15. The Morgan fingerprint density at radius 3 is 1.93 bits per heavy atom. The predicted molar refractivity (Wildman–Crippen MR) is 51.2 cm³/mol. The third-order valence-corrected chi connectivity index (χ3v) is 4.91. The average Bonchev–Trinajstić information content (AvgIpc) is 2.39. The minimum absolute atomic E-state index is 0.288. The molecule has 4 nitrogen and oxygen atoms in total. The molecule has 4 heteroatoms. The van der Waals surface area contributed by atoms with Crippen LogP contribution >= 0.6 is 0 Å². The summed E-state index contributed by atoms with van der Waals surface area (Å²) in [5.74, 6) is -2.35. The highest BCUT2D eigenvalue weighted by Crippen LogP contribution is 2.68. The van der Waals surface area contributed by atoms with Gasteiger partial charge in [0.05, 0.1) is 0 Å². The zero-order valence-electron chi connectivity index (χ0n) is 9.09. The fraction of sp³-hybridized carbons (Fsp3) is 0.727. The monoisotopic (exact) mass is 210 g/mol. The van der Waals surface area contributed by atoms with Crippen LogP contribution in [0, 0.1) is 16.2 Å². The van der Waals surface area contributed by atoms with Crippen molar-refractivity contribution in [2.24, 2.45) is 16.2 Å². The Labute approximate surface area is 87.7 Å². The largest absolute Gasteiger partial charge is 0.480 e. The van der Waals surface area contributed by atoms with E-state index in [1.165, 1.54) is 0 Å². The van der Waals surface area contributed by atoms with Gasteiger partial charge >= 0.3 is 5.97 Å². The van der Waals surface area contributed by atoms with E-state index in [2.05, 4.69) is 0 Å². The van der Waals surface area contributed by atoms with Gasteiger partial charge in [-0.1, -0.05) is 20.8 Å². The summed E-state index contributed by atoms with van der Waals surface area (Å²) in [6, 6.07) is 0. The Hall–Kier alpha value is -1.19. The number of carboxylic acid groups (broad SMARTS) is 1. The molecule has 0 aromatic rings. The lowest BCUT2D eigenvalue weighted by molar-refractivity contribution is -0.160. The number of rotatable bonds is 1. The number of Topliss-reactive ketones (excluding diaryl/α,β-unsaturated/α-hetero) is 2. The van der Waals surface area contributed by atoms with E-state index in [0.29, 0.717) is 6.42 Å². The van der Waals surface area contributed by atoms with Gasteiger partial charge < -0.3 is 5.11 Å². The fourth-order valence-corrected chi connectivity index (χ4v) is 3.24. The fourth-order valence-electron chi connectivity index (χ4n) is 3.24. The molecule has 0 heterocycles. The smallest absolute Gasteiger partial charge is 0.318 e. The first-order chi connectivity index (χ1) is 6.72. The first-order valence-corrected chi connectivity index (χ1v) is 5.04. The molecule has 2 aliphatic carbocycles. The number of hydrogen-bond acceptors (Lipinski definition) is 3. The maximum atomic E-state index is 11.8. The van der Waals surface area contributed by atoms with E-state index >= 15 is 0 Å². The highest BCUT2D eigenvalue weighted by Gasteiger charge is 2.78. The molecule has 2 rings (SSSR count). The molecule has 15 heavy (non-hydrogen) atoms. The molecule has 2 atom stereocenters. The summed E-state index contributed by atoms with van der Waals surface area (Å²) in [4.78, 5) is 34.9. The summed E-state index contributed by atoms with van der Waals surface area (Å²) in [5, 5.41) is 9.26. The van der Waals surface area contributed by atoms with Gasteiger partial charge in [-0.3, -0.25) is 14.4 Å². The summed E-state index contributed by atoms with van der Waals surface area (Å²) < 4.78 is 0. The summed E-state index contributed by atoms with van der Waals surface area (Å²) in [7, 11) is 0. The molecular formula is C11H14O4. The molecule has 0 aromatic carbocycles. The molecule has 0 radical (unpaired) electrons. The second-order valence-electron chi connectivity index (χ2n) is 5.33. The van der Waals surface area contributed by atoms with Gasteiger partial charge in [-0.2, -0.15) is 0 Å². The van der Waals surface area contributed by atoms with Gasteiger partial charge in [0.1, 0.15) is 5.41 Å². The minimum Gasteiger partial charge on any atom is -0.480 e. The van der Waals surface area contributed by atoms with Crippen LogP contribution in [-0.2, 0) is 14.4 Å². The normalized spacial score (nSPS) is 42.3. The van der Waals surface area contributed by atoms with Crippen LogP contribution in [0.15, 0.2) is 0 Å². The highest BCUT2D eigenvalue weighted by atomic mass is 16.4. The topological polar surface area (TPSA) is 71.4 Å². The van der Waals surface area contributed by atoms with E-state index in [0.717, 1.165) is 0 Å². The van der Waals surface area contributed by atoms with Crippen LogP contribution in [0.1, 0.15) is 33.6 Å². The second kappa shape index (κ2) is 2.31. The first kappa shape index (κ1) is 10.3. The summed E-state index contributed by atoms with van der Waals surface area (Å²) in [6.07, 6.45) is 0.785. The molecule has 82 valence electrons. The van der Waals surface area contributed by atoms with E-state index < -0.39 is 33.8 Å². The summed E-state index contributed by atoms with van der Waals surface area (Å²) in [5.41, 5.74) is -3.04. The van der Waals surface area contributed by atoms with Gasteiger partial charge in [0.2, 0.25) is 11.6 Å². The molecule has 2 fully saturated rings. The number of ketones is 2. The quantitative estimate of drug-likeness (QED) is 0.518. The van der Waals surface area contributed by atoms with Crippen molar-refractivity contribution in [1.29, 1.82) is 0 Å². The number of carbonyl (C=O) groups is 3. The number of fused-ring (bicyclic) bond motifs is 2. The van der Waals surface area contributed by atoms with Crippen molar-refractivity contribution < 1.29 is 19.5 Å². The summed E-state index contributed by atoms with van der Waals surface area (Å²) >= 11 is 0. The maximum Gasteiger partial charge on any atom is 0.318 e. The second-order valence-corrected chi connectivity index (χ2v) is 5.33. The van der Waals surface area contributed by atoms with Crippen molar-refractivity contribution in [2.45, 2.75) is 33.6 Å². The average molecular weight is 210 g/mol. The van der Waals surface area contributed by atoms with Crippen LogP contribution in [0.2, 0.25) is 0 Å². The molecule has 1 N–H and O–H groups in total. The lowest BCUT2D eigenvalue weighted by Gasteiger charge is -2.35. The van der Waals surface area contributed by atoms with Gasteiger partial charge in [0.15, 0.2) is 0 Å². The van der Waals surface area contributed by atoms with Gasteiger partial charge in [-0.25, -0.2) is 0 Å². The third-order valence-electron chi connectivity index (χ3n) is 4.91. The van der Waals surface area contributed by atoms with Crippen LogP contribution in [0.3, 0.4) is 0 Å². The number of carbonyl (C=O) groups excluding carboxylic acids is 2. The molecular weight excluding hydrogens is 196 g/mol. The molecule has 2 saturated carbocycles. The Bertz CT molecular complexity index is 395. The van der Waals surface area contributed by atoms with Gasteiger partial charge in [-0.05, 0) is 12.8 Å². The van der Waals surface area contributed by atoms with E-state index in [4.69, 9.17) is 0 Å². The van der Waals surface area contributed by atoms with Gasteiger partial charge in [0.25, 0.3) is 0 Å². The lowest BCUT2D eigenvalue weighted by Crippen LogP contribution is -2.44. The van der Waals surface area contributed by atoms with Crippen molar-refractivity contribution >= 4 is 17.5 Å². The number of carboxylic acids is 1. The Balaban J connectivity index is 2.73. The molecule has 0 aromatic heterocycles. The first-order valence-electron chi connectivity index (χ1n) is 5.04. The van der Waals surface area contributed by atoms with E-state index in [1.807, 2.05) is 0 Å². The van der Waals surface area contributed by atoms with Gasteiger partial charge in [-0.15, -0.1) is 0 Å². The van der Waals surface area contributed by atoms with Crippen LogP contribution in [0.5, 0.6) is 0 Å². The van der Waals surface area contributed by atoms with E-state index in [9.17, 15) is 19.5 Å². The zero-order chi connectivity index (χ0) is 11.6. The molecule has 0 spiro atoms. The Morgan fingerprint density at radius 1 is 1.13 bits per heavy atom. The predicted octanol–water partition coefficient (Wildman–Crippen LogP) is 1.04. The highest BCUT2D eigenvalue weighted by molar-refractivity contribution is 6.48. The third kappa shape index (κ3) is 0.713. The maximum absolute atomic E-state index is 11.8. The zero-order valence-corrected chi connectivity index (χ0v) is 9.09. The molecule has 0 aliphatic heterocycles. The van der Waals surface area contributed by atoms with Crippen molar-refractivity contribution in [1.82, 2.24) is 0 Å². The molecule has 2 aliphatic rings. The van der Waals surface area contributed by atoms with E-state index in [1.54, 1.807) is 20.8 Å². The Morgan fingerprint density at radius 2 is 1.67 bits per heavy atom. The van der Waals surface area contributed by atoms with Crippen molar-refractivity contribution in [2.75, 3.05) is 0 Å². The molecule has 0 unspecified atom stereocenters. The van der Waals surface area contributed by atoms with Crippen LogP contribution in [0.4, 0.5) is 0 Å². The van der Waals surface area contributed by atoms with E-state index in [-0.39, 0.29) is 6.42 Å². The van der Waals surface area contributed by atoms with Crippen molar-refractivity contribution in [3.63, 3.8) is 0 Å². The van der Waals surface area contributed by atoms with Crippen LogP contribution < -0.4 is 0 Å². The van der Waals surface area contributed by atoms with Crippen molar-refractivity contribution in [3.8, 4) is 0 Å². The standard InChI is InChI=1S/C11H14O4/c1-9(2)10(3)4-5-11(9,8(14)15)7(13)6(10)12/h4-5H2,1-3H3,(H,14,15)/t10-,11-/m0/s1. The minimum atomic E-state index is -1.47. The van der Waals surface area contributed by atoms with Gasteiger partial charge in [0, 0.05) is 10.8 Å². The number of hydrogen-bond donors (Lipinski definition) is 1. The van der Waals surface area contributed by atoms with Crippen molar-refractivity contribution in [3.05, 3.63) is 0 Å². The number of aliphatic carboxylic acids is 1. The Kier molecular flexibility index (Phi) is 1.59. The molecule has 0 saturated heterocycles.